The zero-order chi connectivity index (χ0) is 13.5. The molecule has 0 aromatic heterocycles. The Morgan fingerprint density at radius 3 is 0.412 bits per heavy atom. The Balaban J connectivity index is -0.0000000400. The van der Waals surface area contributed by atoms with E-state index in [0.29, 0.717) is 0 Å². The Labute approximate surface area is 159 Å². The standard InChI is InChI=1S/2Lu.3Mn.12O/q2*+3;;;;;;;;;;6*-1. The molecule has 0 unspecified atom stereocenters. The van der Waals surface area contributed by atoms with Gasteiger partial charge in [0.2, 0.25) is 0 Å². The number of rotatable bonds is 0. The van der Waals surface area contributed by atoms with Crippen molar-refractivity contribution in [2.75, 3.05) is 0 Å². The molecule has 0 heterocycles. The predicted octanol–water partition coefficient (Wildman–Crippen LogP) is -7.85. The molecule has 17 heteroatoms. The summed E-state index contributed by atoms with van der Waals surface area (Å²) in [5, 5.41) is 0. The molecule has 12 nitrogen and oxygen atoms in total. The summed E-state index contributed by atoms with van der Waals surface area (Å²) in [6, 6.07) is 0. The van der Waals surface area contributed by atoms with Crippen LogP contribution in [0.1, 0.15) is 0 Å². The van der Waals surface area contributed by atoms with Crippen LogP contribution in [0, 0.1) is 73.7 Å². The van der Waals surface area contributed by atoms with Crippen molar-refractivity contribution in [1.29, 1.82) is 0 Å². The molecule has 0 amide bonds. The van der Waals surface area contributed by atoms with E-state index in [0.717, 1.165) is 0 Å². The Kier molecular flexibility index (Phi) is 25.4. The van der Waals surface area contributed by atoms with Crippen molar-refractivity contribution in [2.24, 2.45) is 0 Å². The second-order valence-electron chi connectivity index (χ2n) is 1.13. The Morgan fingerprint density at radius 1 is 0.412 bits per heavy atom. The topological polar surface area (TPSA) is 241 Å². The van der Waals surface area contributed by atoms with Crippen LogP contribution in [0.15, 0.2) is 0 Å². The summed E-state index contributed by atoms with van der Waals surface area (Å²) in [6.45, 7) is 0. The third-order valence-electron chi connectivity index (χ3n) is 0. The summed E-state index contributed by atoms with van der Waals surface area (Å²) in [4.78, 5) is 0. The molecule has 0 saturated heterocycles. The second kappa shape index (κ2) is 13.6. The van der Waals surface area contributed by atoms with Crippen molar-refractivity contribution in [2.45, 2.75) is 0 Å². The van der Waals surface area contributed by atoms with Gasteiger partial charge in [-0.25, -0.2) is 0 Å². The van der Waals surface area contributed by atoms with Crippen LogP contribution in [-0.2, 0) is 63.1 Å². The average Bonchev–Trinajstić information content (AvgIpc) is 1.41. The van der Waals surface area contributed by atoms with Crippen molar-refractivity contribution >= 4 is 0 Å². The Hall–Kier alpha value is 2.59. The molecule has 0 aromatic carbocycles. The van der Waals surface area contributed by atoms with E-state index in [2.05, 4.69) is 0 Å². The first-order valence-corrected chi connectivity index (χ1v) is 7.63. The SMILES string of the molecule is [Lu+3].[Lu+3].[O]=[Mn](=[O])([O-])[O-].[O]=[Mn](=[O])([O-])[O-].[O]=[Mn](=[O])([O-])[O-]. The van der Waals surface area contributed by atoms with Gasteiger partial charge in [-0.3, -0.25) is 0 Å². The van der Waals surface area contributed by atoms with Gasteiger partial charge in [0, 0.05) is 0 Å². The van der Waals surface area contributed by atoms with Crippen LogP contribution in [0.4, 0.5) is 0 Å². The van der Waals surface area contributed by atoms with E-state index >= 15 is 0 Å². The minimum atomic E-state index is -5.62. The monoisotopic (exact) mass is 707 g/mol. The van der Waals surface area contributed by atoms with E-state index in [-0.39, 0.29) is 73.7 Å². The van der Waals surface area contributed by atoms with Crippen molar-refractivity contribution < 1.29 is 162 Å². The molecular formula is Lu2Mn3O12. The molecule has 0 aliphatic carbocycles. The van der Waals surface area contributed by atoms with Crippen molar-refractivity contribution in [3.63, 3.8) is 0 Å². The number of hydrogen-bond acceptors (Lipinski definition) is 12. The van der Waals surface area contributed by atoms with Crippen LogP contribution in [0.25, 0.3) is 0 Å². The molecule has 0 rings (SSSR count). The van der Waals surface area contributed by atoms with Crippen molar-refractivity contribution in [1.82, 2.24) is 0 Å². The summed E-state index contributed by atoms with van der Waals surface area (Å²) in [7, 11) is 0. The van der Waals surface area contributed by atoms with Crippen LogP contribution in [0.2, 0.25) is 0 Å². The van der Waals surface area contributed by atoms with E-state index in [1.807, 2.05) is 0 Å². The van der Waals surface area contributed by atoms with Crippen molar-refractivity contribution in [3.8, 4) is 0 Å². The third kappa shape index (κ3) is 765. The van der Waals surface area contributed by atoms with Gasteiger partial charge in [0.1, 0.15) is 0 Å². The number of hydrogen-bond donors (Lipinski definition) is 0. The molecule has 0 fully saturated rings. The fourth-order valence-electron chi connectivity index (χ4n) is 0. The second-order valence-corrected chi connectivity index (χ2v) is 4.68. The maximum absolute atomic E-state index is 8.58. The molecule has 0 radical (unpaired) electrons. The fraction of sp³-hybridized carbons (Fsp3) is 0. The first-order chi connectivity index (χ1) is 6.00. The van der Waals surface area contributed by atoms with E-state index in [9.17, 15) is 0 Å². The molecule has 0 aromatic rings. The molecule has 0 N–H and O–H groups in total. The van der Waals surface area contributed by atoms with Crippen LogP contribution >= 0.6 is 0 Å². The van der Waals surface area contributed by atoms with E-state index in [1.165, 1.54) is 0 Å². The van der Waals surface area contributed by atoms with Gasteiger partial charge in [0.15, 0.2) is 0 Å². The zero-order valence-electron chi connectivity index (χ0n) is 6.55. The summed E-state index contributed by atoms with van der Waals surface area (Å²) >= 11 is -16.9. The molecular weight excluding hydrogens is 707 g/mol. The average molecular weight is 707 g/mol. The van der Waals surface area contributed by atoms with Crippen LogP contribution < -0.4 is 25.1 Å². The molecule has 0 atom stereocenters. The molecule has 0 saturated carbocycles. The minimum absolute atomic E-state index is 0. The van der Waals surface area contributed by atoms with Gasteiger partial charge in [-0.2, -0.15) is 0 Å². The van der Waals surface area contributed by atoms with E-state index in [4.69, 9.17) is 48.1 Å². The Bertz CT molecular complexity index is 341. The summed E-state index contributed by atoms with van der Waals surface area (Å²) in [5.74, 6) is 0. The molecule has 0 aliphatic heterocycles. The molecule has 0 bridgehead atoms. The van der Waals surface area contributed by atoms with Crippen LogP contribution in [0.3, 0.4) is 0 Å². The van der Waals surface area contributed by atoms with Crippen LogP contribution in [-0.4, -0.2) is 0 Å². The van der Waals surface area contributed by atoms with E-state index in [1.54, 1.807) is 0 Å². The normalized spacial score (nSPS) is 10.2. The quantitative estimate of drug-likeness (QED) is 0.213. The zero-order valence-corrected chi connectivity index (χ0v) is 13.4. The first-order valence-electron chi connectivity index (χ1n) is 1.85. The fourth-order valence-corrected chi connectivity index (χ4v) is 0. The van der Waals surface area contributed by atoms with Crippen molar-refractivity contribution in [3.05, 3.63) is 0 Å². The van der Waals surface area contributed by atoms with E-state index < -0.39 is 40.1 Å². The van der Waals surface area contributed by atoms with Gasteiger partial charge in [-0.05, 0) is 0 Å². The van der Waals surface area contributed by atoms with Crippen LogP contribution in [0.5, 0.6) is 0 Å². The molecule has 123 valence electrons. The summed E-state index contributed by atoms with van der Waals surface area (Å²) in [6.07, 6.45) is 0. The third-order valence-corrected chi connectivity index (χ3v) is 0. The van der Waals surface area contributed by atoms with Gasteiger partial charge in [0.25, 0.3) is 0 Å². The summed E-state index contributed by atoms with van der Waals surface area (Å²) < 4.78 is 103. The maximum atomic E-state index is 8.58. The van der Waals surface area contributed by atoms with Gasteiger partial charge in [0.05, 0.1) is 0 Å². The summed E-state index contributed by atoms with van der Waals surface area (Å²) in [5.41, 5.74) is 0. The molecule has 17 heavy (non-hydrogen) atoms. The van der Waals surface area contributed by atoms with Gasteiger partial charge < -0.3 is 0 Å². The Morgan fingerprint density at radius 2 is 0.412 bits per heavy atom. The van der Waals surface area contributed by atoms with Gasteiger partial charge in [-0.1, -0.05) is 0 Å². The molecule has 0 spiro atoms. The predicted molar refractivity (Wildman–Crippen MR) is 4.12 cm³/mol. The molecule has 0 aliphatic rings. The first kappa shape index (κ1) is 31.8. The van der Waals surface area contributed by atoms with Gasteiger partial charge >= 0.3 is 162 Å². The van der Waals surface area contributed by atoms with Gasteiger partial charge in [-0.15, -0.1) is 0 Å².